The number of phenols is 1. The van der Waals surface area contributed by atoms with Crippen LogP contribution in [-0.4, -0.2) is 48.2 Å². The van der Waals surface area contributed by atoms with Gasteiger partial charge in [0.25, 0.3) is 5.91 Å². The number of nitrogens with one attached hydrogen (secondary N) is 1. The molecule has 0 saturated carbocycles. The van der Waals surface area contributed by atoms with Gasteiger partial charge in [0.15, 0.2) is 29.6 Å². The third kappa shape index (κ3) is 7.41. The Bertz CT molecular complexity index is 1920. The Hall–Kier alpha value is -4.90. The van der Waals surface area contributed by atoms with E-state index in [1.807, 2.05) is 12.1 Å². The zero-order valence-electron chi connectivity index (χ0n) is 25.2. The number of benzene rings is 4. The standard InChI is InChI=1S/C33H26F5N5O5S/c34-26-25(27(35)29(37)30(38)28(26)36)31(46)39-14-17-1-7-20(8-2-17)32-47-23(13-24(48-32)19-5-3-18(15-44)4-6-19)16-49-33-40-41-42-43(33)21-9-11-22(45)12-10-21/h1-12,23-24,32,44-45H,13-16H2,(H,39,46). The number of thioether (sulfide) groups is 1. The summed E-state index contributed by atoms with van der Waals surface area (Å²) < 4.78 is 82.9. The molecule has 1 aromatic heterocycles. The van der Waals surface area contributed by atoms with Gasteiger partial charge in [0.1, 0.15) is 11.3 Å². The highest BCUT2D eigenvalue weighted by molar-refractivity contribution is 7.99. The molecule has 16 heteroatoms. The largest absolute Gasteiger partial charge is 0.508 e. The van der Waals surface area contributed by atoms with Gasteiger partial charge in [0, 0.05) is 24.3 Å². The fourth-order valence-electron chi connectivity index (χ4n) is 5.08. The summed E-state index contributed by atoms with van der Waals surface area (Å²) in [7, 11) is 0. The average Bonchev–Trinajstić information content (AvgIpc) is 3.60. The first-order valence-corrected chi connectivity index (χ1v) is 15.7. The first kappa shape index (κ1) is 34.0. The van der Waals surface area contributed by atoms with Crippen LogP contribution < -0.4 is 5.32 Å². The number of halogens is 5. The Morgan fingerprint density at radius 1 is 0.837 bits per heavy atom. The maximum atomic E-state index is 14.1. The summed E-state index contributed by atoms with van der Waals surface area (Å²) >= 11 is 1.36. The highest BCUT2D eigenvalue weighted by Crippen LogP contribution is 2.39. The first-order valence-electron chi connectivity index (χ1n) is 14.7. The lowest BCUT2D eigenvalue weighted by Gasteiger charge is -2.36. The van der Waals surface area contributed by atoms with E-state index in [0.29, 0.717) is 34.1 Å². The van der Waals surface area contributed by atoms with Gasteiger partial charge in [-0.3, -0.25) is 4.79 Å². The van der Waals surface area contributed by atoms with E-state index in [1.54, 1.807) is 48.5 Å². The zero-order valence-corrected chi connectivity index (χ0v) is 26.0. The zero-order chi connectivity index (χ0) is 34.7. The Morgan fingerprint density at radius 2 is 1.45 bits per heavy atom. The Balaban J connectivity index is 1.16. The van der Waals surface area contributed by atoms with Crippen molar-refractivity contribution in [3.63, 3.8) is 0 Å². The molecule has 4 aromatic carbocycles. The number of hydrogen-bond donors (Lipinski definition) is 3. The average molecular weight is 700 g/mol. The number of aliphatic hydroxyl groups excluding tert-OH is 1. The summed E-state index contributed by atoms with van der Waals surface area (Å²) in [6, 6.07) is 20.2. The predicted octanol–water partition coefficient (Wildman–Crippen LogP) is 5.82. The van der Waals surface area contributed by atoms with Gasteiger partial charge in [0.05, 0.1) is 24.5 Å². The van der Waals surface area contributed by atoms with Crippen LogP contribution in [0.3, 0.4) is 0 Å². The van der Waals surface area contributed by atoms with Crippen molar-refractivity contribution >= 4 is 17.7 Å². The lowest BCUT2D eigenvalue weighted by Crippen LogP contribution is -2.31. The second kappa shape index (κ2) is 14.7. The number of aromatic hydroxyl groups is 1. The van der Waals surface area contributed by atoms with E-state index < -0.39 is 53.0 Å². The molecule has 10 nitrogen and oxygen atoms in total. The highest BCUT2D eigenvalue weighted by atomic mass is 32.2. The number of tetrazole rings is 1. The molecule has 3 atom stereocenters. The van der Waals surface area contributed by atoms with Crippen LogP contribution in [0.1, 0.15) is 51.4 Å². The van der Waals surface area contributed by atoms with E-state index >= 15 is 0 Å². The Labute approximate surface area is 279 Å². The van der Waals surface area contributed by atoms with Crippen molar-refractivity contribution in [2.24, 2.45) is 0 Å². The van der Waals surface area contributed by atoms with Crippen LogP contribution in [0.5, 0.6) is 5.75 Å². The Kier molecular flexibility index (Phi) is 10.2. The molecule has 254 valence electrons. The third-order valence-corrected chi connectivity index (χ3v) is 8.74. The molecule has 6 rings (SSSR count). The van der Waals surface area contributed by atoms with E-state index in [9.17, 15) is 37.0 Å². The number of nitrogens with zero attached hydrogens (tertiary/aromatic N) is 4. The number of hydrogen-bond acceptors (Lipinski definition) is 9. The predicted molar refractivity (Wildman–Crippen MR) is 164 cm³/mol. The van der Waals surface area contributed by atoms with Crippen molar-refractivity contribution in [1.82, 2.24) is 25.5 Å². The van der Waals surface area contributed by atoms with Crippen molar-refractivity contribution in [1.29, 1.82) is 0 Å². The van der Waals surface area contributed by atoms with Crippen LogP contribution in [0.25, 0.3) is 5.69 Å². The van der Waals surface area contributed by atoms with Crippen LogP contribution in [0.15, 0.2) is 78.0 Å². The van der Waals surface area contributed by atoms with Crippen molar-refractivity contribution < 1.29 is 46.4 Å². The van der Waals surface area contributed by atoms with Gasteiger partial charge >= 0.3 is 0 Å². The van der Waals surface area contributed by atoms with Crippen LogP contribution in [0, 0.1) is 29.1 Å². The second-order valence-electron chi connectivity index (χ2n) is 10.9. The quantitative estimate of drug-likeness (QED) is 0.0714. The molecule has 1 aliphatic rings. The summed E-state index contributed by atoms with van der Waals surface area (Å²) in [4.78, 5) is 12.4. The molecule has 0 radical (unpaired) electrons. The number of aliphatic hydroxyl groups is 1. The minimum absolute atomic E-state index is 0.104. The molecular weight excluding hydrogens is 673 g/mol. The number of ether oxygens (including phenoxy) is 2. The van der Waals surface area contributed by atoms with E-state index in [1.165, 1.54) is 28.6 Å². The van der Waals surface area contributed by atoms with Crippen molar-refractivity contribution in [3.8, 4) is 11.4 Å². The van der Waals surface area contributed by atoms with Crippen LogP contribution in [0.2, 0.25) is 0 Å². The van der Waals surface area contributed by atoms with E-state index in [-0.39, 0.29) is 25.0 Å². The highest BCUT2D eigenvalue weighted by Gasteiger charge is 2.33. The molecule has 1 saturated heterocycles. The van der Waals surface area contributed by atoms with Gasteiger partial charge in [0.2, 0.25) is 11.0 Å². The van der Waals surface area contributed by atoms with E-state index in [4.69, 9.17) is 9.47 Å². The topological polar surface area (TPSA) is 132 Å². The van der Waals surface area contributed by atoms with Gasteiger partial charge < -0.3 is 25.0 Å². The second-order valence-corrected chi connectivity index (χ2v) is 11.9. The normalized spacial score (nSPS) is 17.6. The molecule has 5 aromatic rings. The van der Waals surface area contributed by atoms with E-state index in [0.717, 1.165) is 11.1 Å². The Morgan fingerprint density at radius 3 is 2.10 bits per heavy atom. The summed E-state index contributed by atoms with van der Waals surface area (Å²) in [5, 5.41) is 33.7. The fourth-order valence-corrected chi connectivity index (χ4v) is 5.99. The molecule has 3 unspecified atom stereocenters. The molecular formula is C33H26F5N5O5S. The number of phenolic OH excluding ortho intramolecular Hbond substituents is 1. The van der Waals surface area contributed by atoms with Crippen LogP contribution >= 0.6 is 11.8 Å². The van der Waals surface area contributed by atoms with Crippen molar-refractivity contribution in [3.05, 3.63) is 130 Å². The molecule has 1 fully saturated rings. The molecule has 3 N–H and O–H groups in total. The summed E-state index contributed by atoms with van der Waals surface area (Å²) in [6.45, 7) is -0.388. The fraction of sp³-hybridized carbons (Fsp3) is 0.212. The summed E-state index contributed by atoms with van der Waals surface area (Å²) in [5.41, 5.74) is 1.75. The molecule has 1 aliphatic heterocycles. The number of aromatic nitrogens is 4. The van der Waals surface area contributed by atoms with Crippen molar-refractivity contribution in [2.75, 3.05) is 5.75 Å². The molecule has 0 spiro atoms. The summed E-state index contributed by atoms with van der Waals surface area (Å²) in [5.74, 6) is -12.1. The number of carbonyl (C=O) groups excluding carboxylic acids is 1. The minimum atomic E-state index is -2.35. The third-order valence-electron chi connectivity index (χ3n) is 7.69. The SMILES string of the molecule is O=C(NCc1ccc(C2OC(CSc3nnnn3-c3ccc(O)cc3)CC(c3ccc(CO)cc3)O2)cc1)c1c(F)c(F)c(F)c(F)c1F. The molecule has 49 heavy (non-hydrogen) atoms. The van der Waals surface area contributed by atoms with E-state index in [2.05, 4.69) is 20.8 Å². The number of amides is 1. The molecule has 1 amide bonds. The lowest BCUT2D eigenvalue weighted by atomic mass is 10.0. The minimum Gasteiger partial charge on any atom is -0.508 e. The van der Waals surface area contributed by atoms with Gasteiger partial charge in [-0.15, -0.1) is 5.10 Å². The van der Waals surface area contributed by atoms with Crippen LogP contribution in [0.4, 0.5) is 22.0 Å². The maximum Gasteiger partial charge on any atom is 0.257 e. The smallest absolute Gasteiger partial charge is 0.257 e. The number of rotatable bonds is 10. The lowest BCUT2D eigenvalue weighted by molar-refractivity contribution is -0.245. The van der Waals surface area contributed by atoms with Crippen LogP contribution in [-0.2, 0) is 22.6 Å². The maximum absolute atomic E-state index is 14.1. The molecule has 0 bridgehead atoms. The van der Waals surface area contributed by atoms with Gasteiger partial charge in [-0.05, 0) is 51.4 Å². The van der Waals surface area contributed by atoms with Gasteiger partial charge in [-0.2, -0.15) is 4.68 Å². The monoisotopic (exact) mass is 699 g/mol. The number of carbonyl (C=O) groups is 1. The van der Waals surface area contributed by atoms with Gasteiger partial charge in [-0.25, -0.2) is 22.0 Å². The van der Waals surface area contributed by atoms with Gasteiger partial charge in [-0.1, -0.05) is 60.3 Å². The van der Waals surface area contributed by atoms with Crippen molar-refractivity contribution in [2.45, 2.75) is 43.2 Å². The first-order chi connectivity index (χ1) is 23.6. The molecule has 2 heterocycles. The molecule has 0 aliphatic carbocycles. The summed E-state index contributed by atoms with van der Waals surface area (Å²) in [6.07, 6.45) is -1.11.